The summed E-state index contributed by atoms with van der Waals surface area (Å²) < 4.78 is 6.19. The SMILES string of the molecule is CC(C)CCN1C[C@]23C=C[C@H](O2)[C@@H](C(=O)N(C)Cc2ccccn2)[C@H]3C1=O. The van der Waals surface area contributed by atoms with E-state index in [9.17, 15) is 9.59 Å². The van der Waals surface area contributed by atoms with Gasteiger partial charge in [-0.2, -0.15) is 0 Å². The number of aromatic nitrogens is 1. The molecule has 0 aliphatic carbocycles. The molecule has 2 saturated heterocycles. The van der Waals surface area contributed by atoms with Crippen LogP contribution in [0.15, 0.2) is 36.5 Å². The van der Waals surface area contributed by atoms with E-state index in [4.69, 9.17) is 4.74 Å². The van der Waals surface area contributed by atoms with E-state index in [0.29, 0.717) is 19.0 Å². The zero-order valence-electron chi connectivity index (χ0n) is 16.2. The van der Waals surface area contributed by atoms with Crippen molar-refractivity contribution in [1.82, 2.24) is 14.8 Å². The monoisotopic (exact) mass is 369 g/mol. The third-order valence-electron chi connectivity index (χ3n) is 5.94. The molecule has 3 aliphatic rings. The summed E-state index contributed by atoms with van der Waals surface area (Å²) in [5.41, 5.74) is 0.212. The van der Waals surface area contributed by atoms with Gasteiger partial charge in [-0.05, 0) is 24.5 Å². The summed E-state index contributed by atoms with van der Waals surface area (Å²) in [5.74, 6) is -0.294. The van der Waals surface area contributed by atoms with E-state index >= 15 is 0 Å². The van der Waals surface area contributed by atoms with Gasteiger partial charge in [0, 0.05) is 19.8 Å². The maximum Gasteiger partial charge on any atom is 0.230 e. The van der Waals surface area contributed by atoms with E-state index < -0.39 is 17.4 Å². The zero-order valence-corrected chi connectivity index (χ0v) is 16.2. The minimum Gasteiger partial charge on any atom is -0.360 e. The van der Waals surface area contributed by atoms with Crippen molar-refractivity contribution in [1.29, 1.82) is 0 Å². The van der Waals surface area contributed by atoms with Crippen LogP contribution in [0.2, 0.25) is 0 Å². The van der Waals surface area contributed by atoms with Gasteiger partial charge in [0.05, 0.1) is 36.7 Å². The highest BCUT2D eigenvalue weighted by Crippen LogP contribution is 2.52. The summed E-state index contributed by atoms with van der Waals surface area (Å²) in [6.07, 6.45) is 6.36. The molecule has 4 heterocycles. The van der Waals surface area contributed by atoms with Crippen LogP contribution in [-0.2, 0) is 20.9 Å². The first-order valence-corrected chi connectivity index (χ1v) is 9.72. The summed E-state index contributed by atoms with van der Waals surface area (Å²) in [6.45, 7) is 6.02. The third kappa shape index (κ3) is 3.06. The smallest absolute Gasteiger partial charge is 0.230 e. The summed E-state index contributed by atoms with van der Waals surface area (Å²) in [7, 11) is 1.77. The normalized spacial score (nSPS) is 31.0. The average Bonchev–Trinajstić information content (AvgIpc) is 3.28. The van der Waals surface area contributed by atoms with Gasteiger partial charge in [-0.25, -0.2) is 0 Å². The Bertz CT molecular complexity index is 763. The molecule has 0 saturated carbocycles. The maximum atomic E-state index is 13.2. The van der Waals surface area contributed by atoms with Gasteiger partial charge in [0.2, 0.25) is 11.8 Å². The van der Waals surface area contributed by atoms with Crippen molar-refractivity contribution >= 4 is 11.8 Å². The molecule has 2 bridgehead atoms. The van der Waals surface area contributed by atoms with Crippen molar-refractivity contribution in [2.24, 2.45) is 17.8 Å². The number of ether oxygens (including phenoxy) is 1. The van der Waals surface area contributed by atoms with Crippen molar-refractivity contribution in [2.45, 2.75) is 38.5 Å². The van der Waals surface area contributed by atoms with Crippen LogP contribution in [0.25, 0.3) is 0 Å². The van der Waals surface area contributed by atoms with Crippen molar-refractivity contribution in [3.8, 4) is 0 Å². The fourth-order valence-corrected chi connectivity index (χ4v) is 4.53. The third-order valence-corrected chi connectivity index (χ3v) is 5.94. The largest absolute Gasteiger partial charge is 0.360 e. The predicted molar refractivity (Wildman–Crippen MR) is 100 cm³/mol. The van der Waals surface area contributed by atoms with E-state index in [-0.39, 0.29) is 17.9 Å². The molecule has 6 heteroatoms. The standard InChI is InChI=1S/C21H27N3O3/c1-14(2)8-11-24-13-21-9-7-16(27-21)17(18(21)20(24)26)19(25)23(3)12-15-6-4-5-10-22-15/h4-7,9-10,14,16-18H,8,11-13H2,1-3H3/t16-,17+,18-,21-/m0/s1. The van der Waals surface area contributed by atoms with E-state index in [2.05, 4.69) is 18.8 Å². The Hall–Kier alpha value is -2.21. The van der Waals surface area contributed by atoms with Gasteiger partial charge in [-0.1, -0.05) is 32.1 Å². The van der Waals surface area contributed by atoms with E-state index in [1.807, 2.05) is 35.3 Å². The van der Waals surface area contributed by atoms with Crippen LogP contribution in [0.1, 0.15) is 26.0 Å². The zero-order chi connectivity index (χ0) is 19.2. The van der Waals surface area contributed by atoms with Crippen LogP contribution >= 0.6 is 0 Å². The Balaban J connectivity index is 1.51. The summed E-state index contributed by atoms with van der Waals surface area (Å²) in [6, 6.07) is 5.66. The first kappa shape index (κ1) is 18.2. The lowest BCUT2D eigenvalue weighted by atomic mass is 9.76. The Labute approximate surface area is 160 Å². The molecular weight excluding hydrogens is 342 g/mol. The summed E-state index contributed by atoms with van der Waals surface area (Å²) >= 11 is 0. The number of fused-ring (bicyclic) bond motifs is 1. The highest BCUT2D eigenvalue weighted by molar-refractivity contribution is 5.93. The first-order valence-electron chi connectivity index (χ1n) is 9.72. The topological polar surface area (TPSA) is 62.7 Å². The number of hydrogen-bond donors (Lipinski definition) is 0. The Kier molecular flexibility index (Phi) is 4.54. The fourth-order valence-electron chi connectivity index (χ4n) is 4.53. The van der Waals surface area contributed by atoms with Crippen LogP contribution in [0.3, 0.4) is 0 Å². The van der Waals surface area contributed by atoms with Gasteiger partial charge >= 0.3 is 0 Å². The Morgan fingerprint density at radius 2 is 2.26 bits per heavy atom. The number of carbonyl (C=O) groups excluding carboxylic acids is 2. The van der Waals surface area contributed by atoms with Crippen LogP contribution in [0, 0.1) is 17.8 Å². The van der Waals surface area contributed by atoms with Crippen molar-refractivity contribution < 1.29 is 14.3 Å². The molecule has 0 N–H and O–H groups in total. The minimum absolute atomic E-state index is 0.0408. The fraction of sp³-hybridized carbons (Fsp3) is 0.571. The van der Waals surface area contributed by atoms with Crippen LogP contribution in [-0.4, -0.2) is 58.4 Å². The molecule has 3 aliphatic heterocycles. The Morgan fingerprint density at radius 1 is 1.44 bits per heavy atom. The van der Waals surface area contributed by atoms with Crippen LogP contribution in [0.5, 0.6) is 0 Å². The van der Waals surface area contributed by atoms with Crippen molar-refractivity contribution in [3.05, 3.63) is 42.2 Å². The van der Waals surface area contributed by atoms with E-state index in [1.165, 1.54) is 0 Å². The van der Waals surface area contributed by atoms with Gasteiger partial charge in [0.25, 0.3) is 0 Å². The minimum atomic E-state index is -0.620. The predicted octanol–water partition coefficient (Wildman–Crippen LogP) is 1.87. The molecule has 0 unspecified atom stereocenters. The molecule has 1 spiro atoms. The summed E-state index contributed by atoms with van der Waals surface area (Å²) in [5, 5.41) is 0. The first-order chi connectivity index (χ1) is 12.9. The van der Waals surface area contributed by atoms with Gasteiger partial charge in [0.1, 0.15) is 5.60 Å². The molecule has 0 aromatic carbocycles. The van der Waals surface area contributed by atoms with Gasteiger partial charge in [-0.3, -0.25) is 14.6 Å². The van der Waals surface area contributed by atoms with Crippen LogP contribution in [0.4, 0.5) is 0 Å². The second-order valence-electron chi connectivity index (χ2n) is 8.36. The van der Waals surface area contributed by atoms with Crippen molar-refractivity contribution in [3.63, 3.8) is 0 Å². The average molecular weight is 369 g/mol. The number of rotatable bonds is 6. The van der Waals surface area contributed by atoms with Crippen LogP contribution < -0.4 is 0 Å². The highest BCUT2D eigenvalue weighted by atomic mass is 16.5. The van der Waals surface area contributed by atoms with Gasteiger partial charge in [-0.15, -0.1) is 0 Å². The number of amides is 2. The molecule has 27 heavy (non-hydrogen) atoms. The molecule has 1 aromatic heterocycles. The molecule has 6 nitrogen and oxygen atoms in total. The van der Waals surface area contributed by atoms with E-state index in [0.717, 1.165) is 18.7 Å². The van der Waals surface area contributed by atoms with Gasteiger partial charge < -0.3 is 14.5 Å². The molecule has 2 fully saturated rings. The number of hydrogen-bond acceptors (Lipinski definition) is 4. The summed E-state index contributed by atoms with van der Waals surface area (Å²) in [4.78, 5) is 34.2. The second-order valence-corrected chi connectivity index (χ2v) is 8.36. The molecule has 4 rings (SSSR count). The maximum absolute atomic E-state index is 13.2. The van der Waals surface area contributed by atoms with Gasteiger partial charge in [0.15, 0.2) is 0 Å². The number of likely N-dealkylation sites (tertiary alicyclic amines) is 1. The number of pyridine rings is 1. The lowest BCUT2D eigenvalue weighted by molar-refractivity contribution is -0.142. The van der Waals surface area contributed by atoms with Crippen molar-refractivity contribution in [2.75, 3.05) is 20.1 Å². The quantitative estimate of drug-likeness (QED) is 0.718. The molecule has 0 radical (unpaired) electrons. The molecule has 1 aromatic rings. The molecular formula is C21H27N3O3. The molecule has 144 valence electrons. The lowest BCUT2D eigenvalue weighted by Gasteiger charge is -2.27. The number of nitrogens with zero attached hydrogens (tertiary/aromatic N) is 3. The highest BCUT2D eigenvalue weighted by Gasteiger charge is 2.66. The second kappa shape index (κ2) is 6.75. The van der Waals surface area contributed by atoms with E-state index in [1.54, 1.807) is 18.1 Å². The Morgan fingerprint density at radius 3 is 2.96 bits per heavy atom. The molecule has 4 atom stereocenters. The lowest BCUT2D eigenvalue weighted by Crippen LogP contribution is -2.44. The number of carbonyl (C=O) groups is 2. The molecule has 2 amide bonds.